The number of carbonyl (C=O) groups is 1. The molecule has 0 radical (unpaired) electrons. The summed E-state index contributed by atoms with van der Waals surface area (Å²) in [5, 5.41) is 7.17. The average Bonchev–Trinajstić information content (AvgIpc) is 3.50. The van der Waals surface area contributed by atoms with Gasteiger partial charge in [0.1, 0.15) is 17.2 Å². The number of aryl methyl sites for hydroxylation is 1. The first-order chi connectivity index (χ1) is 15.0. The van der Waals surface area contributed by atoms with E-state index in [1.54, 1.807) is 25.3 Å². The monoisotopic (exact) mass is 441 g/mol. The van der Waals surface area contributed by atoms with Gasteiger partial charge in [-0.2, -0.15) is 0 Å². The van der Waals surface area contributed by atoms with Crippen LogP contribution in [0.4, 0.5) is 14.5 Å². The van der Waals surface area contributed by atoms with Crippen molar-refractivity contribution in [2.75, 3.05) is 11.9 Å². The number of para-hydroxylation sites is 1. The van der Waals surface area contributed by atoms with Crippen LogP contribution in [-0.4, -0.2) is 23.7 Å². The number of rotatable bonds is 8. The molecule has 4 rings (SSSR count). The Kier molecular flexibility index (Phi) is 6.36. The highest BCUT2D eigenvalue weighted by Gasteiger charge is 2.24. The van der Waals surface area contributed by atoms with Crippen LogP contribution >= 0.6 is 11.3 Å². The van der Waals surface area contributed by atoms with Gasteiger partial charge < -0.3 is 10.2 Å². The molecule has 1 N–H and O–H groups in total. The molecule has 1 aliphatic rings. The van der Waals surface area contributed by atoms with E-state index in [0.717, 1.165) is 28.0 Å². The molecule has 0 unspecified atom stereocenters. The van der Waals surface area contributed by atoms with Gasteiger partial charge in [0.05, 0.1) is 11.2 Å². The number of hydrogen-bond acceptors (Lipinski definition) is 5. The predicted octanol–water partition coefficient (Wildman–Crippen LogP) is 6.07. The Labute approximate surface area is 182 Å². The van der Waals surface area contributed by atoms with Crippen LogP contribution in [0.25, 0.3) is 11.1 Å². The van der Waals surface area contributed by atoms with Crippen LogP contribution in [-0.2, 0) is 4.84 Å². The smallest absolute Gasteiger partial charge is 0.282 e. The zero-order chi connectivity index (χ0) is 21.8. The van der Waals surface area contributed by atoms with Gasteiger partial charge in [-0.05, 0) is 42.9 Å². The number of alkyl halides is 2. The van der Waals surface area contributed by atoms with E-state index < -0.39 is 18.0 Å². The number of nitrogens with zero attached hydrogens (tertiary/aromatic N) is 2. The molecule has 5 nitrogen and oxygen atoms in total. The van der Waals surface area contributed by atoms with Crippen molar-refractivity contribution in [3.05, 3.63) is 69.7 Å². The second-order valence-corrected chi connectivity index (χ2v) is 8.55. The summed E-state index contributed by atoms with van der Waals surface area (Å²) in [5.74, 6) is 0.0572. The molecule has 0 bridgehead atoms. The number of halogens is 2. The molecule has 1 saturated carbocycles. The summed E-state index contributed by atoms with van der Waals surface area (Å²) in [6.07, 6.45) is 1.29. The highest BCUT2D eigenvalue weighted by atomic mass is 32.1. The Morgan fingerprint density at radius 2 is 2.00 bits per heavy atom. The number of aromatic nitrogens is 1. The number of nitrogens with one attached hydrogen (secondary N) is 1. The first kappa shape index (κ1) is 21.1. The number of amides is 1. The number of hydrogen-bond donors (Lipinski definition) is 1. The second kappa shape index (κ2) is 9.34. The molecule has 0 aliphatic heterocycles. The van der Waals surface area contributed by atoms with Crippen molar-refractivity contribution in [2.24, 2.45) is 11.1 Å². The summed E-state index contributed by atoms with van der Waals surface area (Å²) in [5.41, 5.74) is 2.60. The summed E-state index contributed by atoms with van der Waals surface area (Å²) in [6, 6.07) is 14.9. The van der Waals surface area contributed by atoms with Gasteiger partial charge in [0, 0.05) is 11.3 Å². The van der Waals surface area contributed by atoms with Gasteiger partial charge in [0.25, 0.3) is 12.3 Å². The van der Waals surface area contributed by atoms with Crippen LogP contribution in [0.15, 0.2) is 53.7 Å². The van der Waals surface area contributed by atoms with Crippen molar-refractivity contribution in [1.29, 1.82) is 0 Å². The average molecular weight is 442 g/mol. The van der Waals surface area contributed by atoms with Gasteiger partial charge in [-0.25, -0.2) is 13.8 Å². The molecule has 0 spiro atoms. The van der Waals surface area contributed by atoms with Crippen molar-refractivity contribution >= 4 is 29.1 Å². The standard InChI is InChI=1S/C23H21F2N3O2S/c1-14-27-20(22(24)25)21(31-14)23(29)28-19-5-3-2-4-18(19)17-10-8-15(9-11-17)12-26-30-13-16-6-7-16/h2-5,8-12,16,22H,6-7,13H2,1H3,(H,28,29). The van der Waals surface area contributed by atoms with E-state index in [9.17, 15) is 13.6 Å². The Hall–Kier alpha value is -3.13. The topological polar surface area (TPSA) is 63.6 Å². The van der Waals surface area contributed by atoms with E-state index in [2.05, 4.69) is 15.5 Å². The van der Waals surface area contributed by atoms with Gasteiger partial charge in [-0.15, -0.1) is 11.3 Å². The fourth-order valence-electron chi connectivity index (χ4n) is 3.06. The summed E-state index contributed by atoms with van der Waals surface area (Å²) in [7, 11) is 0. The van der Waals surface area contributed by atoms with E-state index in [4.69, 9.17) is 4.84 Å². The summed E-state index contributed by atoms with van der Waals surface area (Å²) < 4.78 is 26.4. The Balaban J connectivity index is 1.50. The third-order valence-corrected chi connectivity index (χ3v) is 5.84. The largest absolute Gasteiger partial charge is 0.396 e. The maximum Gasteiger partial charge on any atom is 0.282 e. The van der Waals surface area contributed by atoms with Gasteiger partial charge >= 0.3 is 0 Å². The lowest BCUT2D eigenvalue weighted by Gasteiger charge is -2.11. The molecule has 0 atom stereocenters. The predicted molar refractivity (Wildman–Crippen MR) is 118 cm³/mol. The lowest BCUT2D eigenvalue weighted by atomic mass is 10.0. The van der Waals surface area contributed by atoms with Crippen molar-refractivity contribution in [3.63, 3.8) is 0 Å². The second-order valence-electron chi connectivity index (χ2n) is 7.34. The number of carbonyl (C=O) groups excluding carboxylic acids is 1. The molecule has 160 valence electrons. The van der Waals surface area contributed by atoms with Crippen LogP contribution in [0, 0.1) is 12.8 Å². The van der Waals surface area contributed by atoms with E-state index in [1.165, 1.54) is 12.8 Å². The molecule has 1 fully saturated rings. The lowest BCUT2D eigenvalue weighted by molar-refractivity contribution is 0.101. The SMILES string of the molecule is Cc1nc(C(F)F)c(C(=O)Nc2ccccc2-c2ccc(C=NOCC3CC3)cc2)s1. The Morgan fingerprint density at radius 3 is 2.71 bits per heavy atom. The number of anilines is 1. The first-order valence-electron chi connectivity index (χ1n) is 9.93. The number of oxime groups is 1. The zero-order valence-electron chi connectivity index (χ0n) is 16.8. The maximum atomic E-state index is 13.2. The van der Waals surface area contributed by atoms with Crippen LogP contribution in [0.2, 0.25) is 0 Å². The van der Waals surface area contributed by atoms with Crippen LogP contribution < -0.4 is 5.32 Å². The maximum absolute atomic E-state index is 13.2. The summed E-state index contributed by atoms with van der Waals surface area (Å²) in [4.78, 5) is 21.7. The minimum atomic E-state index is -2.80. The van der Waals surface area contributed by atoms with E-state index in [-0.39, 0.29) is 4.88 Å². The molecule has 31 heavy (non-hydrogen) atoms. The van der Waals surface area contributed by atoms with Crippen molar-refractivity contribution in [3.8, 4) is 11.1 Å². The summed E-state index contributed by atoms with van der Waals surface area (Å²) in [6.45, 7) is 2.26. The van der Waals surface area contributed by atoms with Crippen molar-refractivity contribution in [1.82, 2.24) is 4.98 Å². The van der Waals surface area contributed by atoms with Gasteiger partial charge in [-0.3, -0.25) is 4.79 Å². The molecule has 2 aromatic carbocycles. The fraction of sp³-hybridized carbons (Fsp3) is 0.261. The fourth-order valence-corrected chi connectivity index (χ4v) is 3.88. The molecule has 0 saturated heterocycles. The normalized spacial score (nSPS) is 13.7. The lowest BCUT2D eigenvalue weighted by Crippen LogP contribution is -2.13. The van der Waals surface area contributed by atoms with E-state index in [0.29, 0.717) is 23.2 Å². The van der Waals surface area contributed by atoms with Crippen molar-refractivity contribution in [2.45, 2.75) is 26.2 Å². The van der Waals surface area contributed by atoms with Crippen LogP contribution in [0.1, 0.15) is 45.2 Å². The van der Waals surface area contributed by atoms with Gasteiger partial charge in [0.2, 0.25) is 0 Å². The highest BCUT2D eigenvalue weighted by molar-refractivity contribution is 7.13. The molecule has 1 aliphatic carbocycles. The zero-order valence-corrected chi connectivity index (χ0v) is 17.7. The van der Waals surface area contributed by atoms with E-state index in [1.807, 2.05) is 36.4 Å². The first-order valence-corrected chi connectivity index (χ1v) is 10.7. The van der Waals surface area contributed by atoms with Crippen LogP contribution in [0.5, 0.6) is 0 Å². The molecule has 8 heteroatoms. The number of thiazole rings is 1. The molecule has 1 amide bonds. The van der Waals surface area contributed by atoms with Gasteiger partial charge in [-0.1, -0.05) is 47.6 Å². The van der Waals surface area contributed by atoms with Crippen LogP contribution in [0.3, 0.4) is 0 Å². The molecule has 1 heterocycles. The minimum absolute atomic E-state index is 0.0694. The molecule has 3 aromatic rings. The third-order valence-electron chi connectivity index (χ3n) is 4.85. The molecule has 1 aromatic heterocycles. The van der Waals surface area contributed by atoms with Crippen molar-refractivity contribution < 1.29 is 18.4 Å². The minimum Gasteiger partial charge on any atom is -0.396 e. The molecular formula is C23H21F2N3O2S. The number of benzene rings is 2. The van der Waals surface area contributed by atoms with E-state index >= 15 is 0 Å². The quantitative estimate of drug-likeness (QED) is 0.341. The summed E-state index contributed by atoms with van der Waals surface area (Å²) >= 11 is 0.959. The highest BCUT2D eigenvalue weighted by Crippen LogP contribution is 2.31. The third kappa shape index (κ3) is 5.32. The Morgan fingerprint density at radius 1 is 1.26 bits per heavy atom. The Bertz CT molecular complexity index is 1090. The van der Waals surface area contributed by atoms with Gasteiger partial charge in [0.15, 0.2) is 0 Å². The molecular weight excluding hydrogens is 420 g/mol.